The Morgan fingerprint density at radius 1 is 1.12 bits per heavy atom. The van der Waals surface area contributed by atoms with Crippen molar-refractivity contribution in [2.75, 3.05) is 0 Å². The quantitative estimate of drug-likeness (QED) is 0.634. The number of benzene rings is 2. The Balaban J connectivity index is 2.10. The van der Waals surface area contributed by atoms with E-state index in [-0.39, 0.29) is 17.2 Å². The highest BCUT2D eigenvalue weighted by Crippen LogP contribution is 2.48. The SMILES string of the molecule is Cc1c(O)c(O)c(C=O)c2c1C(c1ccc(C(F)(F)F)cc1)CC2. The smallest absolute Gasteiger partial charge is 0.416 e. The molecule has 0 bridgehead atoms. The molecule has 2 N–H and O–H groups in total. The predicted molar refractivity (Wildman–Crippen MR) is 81.5 cm³/mol. The van der Waals surface area contributed by atoms with Crippen LogP contribution < -0.4 is 0 Å². The summed E-state index contributed by atoms with van der Waals surface area (Å²) >= 11 is 0. The summed E-state index contributed by atoms with van der Waals surface area (Å²) in [5, 5.41) is 20.0. The van der Waals surface area contributed by atoms with E-state index in [1.807, 2.05) is 0 Å². The molecule has 0 aliphatic heterocycles. The van der Waals surface area contributed by atoms with Gasteiger partial charge in [-0.2, -0.15) is 13.2 Å². The number of fused-ring (bicyclic) bond motifs is 1. The van der Waals surface area contributed by atoms with Gasteiger partial charge in [0.1, 0.15) is 0 Å². The second-order valence-electron chi connectivity index (χ2n) is 5.96. The van der Waals surface area contributed by atoms with Gasteiger partial charge >= 0.3 is 6.18 Å². The normalized spacial score (nSPS) is 16.9. The summed E-state index contributed by atoms with van der Waals surface area (Å²) in [5.74, 6) is -1.00. The van der Waals surface area contributed by atoms with Crippen LogP contribution in [0.1, 0.15) is 50.5 Å². The summed E-state index contributed by atoms with van der Waals surface area (Å²) < 4.78 is 38.1. The van der Waals surface area contributed by atoms with Crippen LogP contribution in [0.2, 0.25) is 0 Å². The zero-order valence-corrected chi connectivity index (χ0v) is 12.8. The van der Waals surface area contributed by atoms with Crippen LogP contribution in [0.5, 0.6) is 11.5 Å². The Morgan fingerprint density at radius 2 is 1.75 bits per heavy atom. The fourth-order valence-corrected chi connectivity index (χ4v) is 3.49. The third-order valence-electron chi connectivity index (χ3n) is 4.68. The van der Waals surface area contributed by atoms with Crippen molar-refractivity contribution in [2.45, 2.75) is 31.9 Å². The fraction of sp³-hybridized carbons (Fsp3) is 0.278. The molecule has 2 aromatic rings. The molecule has 0 spiro atoms. The first-order valence-corrected chi connectivity index (χ1v) is 7.45. The van der Waals surface area contributed by atoms with E-state index in [1.165, 1.54) is 12.1 Å². The molecule has 0 amide bonds. The van der Waals surface area contributed by atoms with Crippen LogP contribution in [0, 0.1) is 6.92 Å². The Hall–Kier alpha value is -2.50. The number of carbonyl (C=O) groups is 1. The zero-order chi connectivity index (χ0) is 17.6. The van der Waals surface area contributed by atoms with Crippen LogP contribution in [0.4, 0.5) is 13.2 Å². The molecule has 0 radical (unpaired) electrons. The number of aromatic hydroxyl groups is 2. The van der Waals surface area contributed by atoms with Crippen LogP contribution >= 0.6 is 0 Å². The molecule has 0 saturated heterocycles. The molecule has 0 heterocycles. The zero-order valence-electron chi connectivity index (χ0n) is 12.8. The number of phenolic OH excluding ortho intramolecular Hbond substituents is 2. The lowest BCUT2D eigenvalue weighted by Crippen LogP contribution is -2.06. The van der Waals surface area contributed by atoms with Gasteiger partial charge in [-0.25, -0.2) is 0 Å². The minimum absolute atomic E-state index is 0.0579. The molecular weight excluding hydrogens is 321 g/mol. The number of carbonyl (C=O) groups excluding carboxylic acids is 1. The Morgan fingerprint density at radius 3 is 2.29 bits per heavy atom. The molecule has 2 aromatic carbocycles. The van der Waals surface area contributed by atoms with E-state index < -0.39 is 17.5 Å². The maximum Gasteiger partial charge on any atom is 0.416 e. The van der Waals surface area contributed by atoms with Gasteiger partial charge in [0.25, 0.3) is 0 Å². The van der Waals surface area contributed by atoms with Crippen molar-refractivity contribution in [2.24, 2.45) is 0 Å². The first kappa shape index (κ1) is 16.4. The third-order valence-corrected chi connectivity index (χ3v) is 4.68. The topological polar surface area (TPSA) is 57.5 Å². The van der Waals surface area contributed by atoms with Crippen molar-refractivity contribution >= 4 is 6.29 Å². The van der Waals surface area contributed by atoms with Crippen LogP contribution in [-0.4, -0.2) is 16.5 Å². The van der Waals surface area contributed by atoms with E-state index >= 15 is 0 Å². The van der Waals surface area contributed by atoms with E-state index in [4.69, 9.17) is 0 Å². The monoisotopic (exact) mass is 336 g/mol. The summed E-state index contributed by atoms with van der Waals surface area (Å²) in [5.41, 5.74) is 1.85. The van der Waals surface area contributed by atoms with E-state index in [9.17, 15) is 28.2 Å². The molecule has 6 heteroatoms. The standard InChI is InChI=1S/C18H15F3O3/c1-9-15-12(10-2-4-11(5-3-10)18(19,20)21)6-7-13(15)14(8-22)17(24)16(9)23/h2-5,8,12,23-24H,6-7H2,1H3. The lowest BCUT2D eigenvalue weighted by atomic mass is 9.88. The molecule has 0 aromatic heterocycles. The second-order valence-corrected chi connectivity index (χ2v) is 5.96. The molecule has 0 saturated carbocycles. The minimum Gasteiger partial charge on any atom is -0.504 e. The number of alkyl halides is 3. The van der Waals surface area contributed by atoms with E-state index in [2.05, 4.69) is 0 Å². The molecule has 1 atom stereocenters. The van der Waals surface area contributed by atoms with Gasteiger partial charge in [-0.3, -0.25) is 4.79 Å². The number of halogens is 3. The van der Waals surface area contributed by atoms with Crippen molar-refractivity contribution < 1.29 is 28.2 Å². The molecule has 126 valence electrons. The number of hydrogen-bond donors (Lipinski definition) is 2. The van der Waals surface area contributed by atoms with Gasteiger partial charge < -0.3 is 10.2 Å². The van der Waals surface area contributed by atoms with Crippen molar-refractivity contribution in [3.8, 4) is 11.5 Å². The van der Waals surface area contributed by atoms with E-state index in [0.717, 1.165) is 12.1 Å². The van der Waals surface area contributed by atoms with Crippen molar-refractivity contribution in [1.82, 2.24) is 0 Å². The number of aldehydes is 1. The number of hydrogen-bond acceptors (Lipinski definition) is 3. The molecular formula is C18H15F3O3. The summed E-state index contributed by atoms with van der Waals surface area (Å²) in [6.07, 6.45) is -2.77. The van der Waals surface area contributed by atoms with Crippen LogP contribution in [-0.2, 0) is 12.6 Å². The average Bonchev–Trinajstić information content (AvgIpc) is 2.97. The summed E-state index contributed by atoms with van der Waals surface area (Å²) in [4.78, 5) is 11.3. The van der Waals surface area contributed by atoms with E-state index in [1.54, 1.807) is 6.92 Å². The first-order valence-electron chi connectivity index (χ1n) is 7.45. The molecule has 3 nitrogen and oxygen atoms in total. The second kappa shape index (κ2) is 5.54. The van der Waals surface area contributed by atoms with Gasteiger partial charge in [-0.15, -0.1) is 0 Å². The van der Waals surface area contributed by atoms with Crippen LogP contribution in [0.15, 0.2) is 24.3 Å². The van der Waals surface area contributed by atoms with Gasteiger partial charge in [0.15, 0.2) is 17.8 Å². The third kappa shape index (κ3) is 2.42. The van der Waals surface area contributed by atoms with Gasteiger partial charge in [-0.05, 0) is 54.2 Å². The van der Waals surface area contributed by atoms with Crippen molar-refractivity contribution in [3.05, 3.63) is 57.6 Å². The molecule has 24 heavy (non-hydrogen) atoms. The fourth-order valence-electron chi connectivity index (χ4n) is 3.49. The highest BCUT2D eigenvalue weighted by molar-refractivity contribution is 5.86. The highest BCUT2D eigenvalue weighted by Gasteiger charge is 2.33. The maximum absolute atomic E-state index is 12.7. The van der Waals surface area contributed by atoms with Gasteiger partial charge in [-0.1, -0.05) is 12.1 Å². The Bertz CT molecular complexity index is 808. The van der Waals surface area contributed by atoms with E-state index in [0.29, 0.717) is 41.4 Å². The van der Waals surface area contributed by atoms with Gasteiger partial charge in [0.05, 0.1) is 11.1 Å². The van der Waals surface area contributed by atoms with Crippen molar-refractivity contribution in [1.29, 1.82) is 0 Å². The first-order chi connectivity index (χ1) is 11.3. The molecule has 1 aliphatic rings. The van der Waals surface area contributed by atoms with Crippen LogP contribution in [0.3, 0.4) is 0 Å². The summed E-state index contributed by atoms with van der Waals surface area (Å²) in [6.45, 7) is 1.63. The summed E-state index contributed by atoms with van der Waals surface area (Å²) in [6, 6.07) is 4.91. The highest BCUT2D eigenvalue weighted by atomic mass is 19.4. The lowest BCUT2D eigenvalue weighted by Gasteiger charge is -2.18. The maximum atomic E-state index is 12.7. The summed E-state index contributed by atoms with van der Waals surface area (Å²) in [7, 11) is 0. The molecule has 1 unspecified atom stereocenters. The minimum atomic E-state index is -4.39. The van der Waals surface area contributed by atoms with Gasteiger partial charge in [0, 0.05) is 5.92 Å². The van der Waals surface area contributed by atoms with Gasteiger partial charge in [0.2, 0.25) is 0 Å². The largest absolute Gasteiger partial charge is 0.504 e. The number of phenols is 2. The van der Waals surface area contributed by atoms with Crippen molar-refractivity contribution in [3.63, 3.8) is 0 Å². The molecule has 3 rings (SSSR count). The number of rotatable bonds is 2. The molecule has 0 fully saturated rings. The Kier molecular flexibility index (Phi) is 3.78. The predicted octanol–water partition coefficient (Wildman–Crippen LogP) is 4.32. The average molecular weight is 336 g/mol. The lowest BCUT2D eigenvalue weighted by molar-refractivity contribution is -0.137. The molecule has 1 aliphatic carbocycles. The Labute approximate surface area is 136 Å². The van der Waals surface area contributed by atoms with Crippen LogP contribution in [0.25, 0.3) is 0 Å².